The van der Waals surface area contributed by atoms with E-state index in [1.165, 1.54) is 7.11 Å². The summed E-state index contributed by atoms with van der Waals surface area (Å²) in [6.07, 6.45) is 0. The second-order valence-electron chi connectivity index (χ2n) is 7.96. The number of hydrogen-bond donors (Lipinski definition) is 2. The number of methoxy groups -OCH3 is 1. The fourth-order valence-corrected chi connectivity index (χ4v) is 3.83. The van der Waals surface area contributed by atoms with Gasteiger partial charge in [0.2, 0.25) is 0 Å². The Morgan fingerprint density at radius 1 is 0.944 bits per heavy atom. The van der Waals surface area contributed by atoms with Gasteiger partial charge in [-0.3, -0.25) is 0 Å². The lowest BCUT2D eigenvalue weighted by atomic mass is 9.93. The first-order chi connectivity index (χ1) is 17.5. The normalized spacial score (nSPS) is 14.9. The Kier molecular flexibility index (Phi) is 7.65. The number of esters is 2. The second kappa shape index (κ2) is 11.2. The number of nitrogens with zero attached hydrogens (tertiary/aromatic N) is 1. The average Bonchev–Trinajstić information content (AvgIpc) is 2.92. The Hall–Kier alpha value is -4.59. The van der Waals surface area contributed by atoms with Crippen LogP contribution in [0, 0.1) is 0 Å². The molecule has 0 radical (unpaired) electrons. The molecule has 0 saturated heterocycles. The summed E-state index contributed by atoms with van der Waals surface area (Å²) in [7, 11) is 1.35. The summed E-state index contributed by atoms with van der Waals surface area (Å²) < 4.78 is 16.0. The molecular formula is C28H27N3O5. The number of nitrogens with one attached hydrogen (secondary N) is 1. The average molecular weight is 486 g/mol. The molecule has 8 nitrogen and oxygen atoms in total. The van der Waals surface area contributed by atoms with Gasteiger partial charge in [0.25, 0.3) is 0 Å². The van der Waals surface area contributed by atoms with Crippen LogP contribution in [-0.4, -0.2) is 31.6 Å². The number of hydrogen-bond acceptors (Lipinski definition) is 8. The molecule has 0 bridgehead atoms. The van der Waals surface area contributed by atoms with Crippen molar-refractivity contribution in [2.45, 2.75) is 19.6 Å². The van der Waals surface area contributed by atoms with Gasteiger partial charge in [-0.25, -0.2) is 14.6 Å². The van der Waals surface area contributed by atoms with E-state index in [2.05, 4.69) is 10.3 Å². The number of guanidine groups is 1. The number of rotatable bonds is 8. The Labute approximate surface area is 209 Å². The van der Waals surface area contributed by atoms with E-state index >= 15 is 0 Å². The van der Waals surface area contributed by atoms with Crippen LogP contribution in [-0.2, 0) is 20.9 Å². The van der Waals surface area contributed by atoms with Gasteiger partial charge >= 0.3 is 11.9 Å². The van der Waals surface area contributed by atoms with Crippen molar-refractivity contribution in [1.29, 1.82) is 0 Å². The van der Waals surface area contributed by atoms with E-state index in [0.29, 0.717) is 29.2 Å². The van der Waals surface area contributed by atoms with E-state index in [-0.39, 0.29) is 18.5 Å². The standard InChI is InChI=1S/C28H27N3O5/c1-3-35-27(33)23-24(19-7-5-4-6-8-19)30-28(29)31-25(23)20-13-15-22(16-14-20)36-17-18-9-11-21(12-10-18)26(32)34-2/h4-16,25H,3,17H2,1-2H3,(H3,29,30,31)/t25-/m0/s1. The monoisotopic (exact) mass is 485 g/mol. The summed E-state index contributed by atoms with van der Waals surface area (Å²) in [6, 6.07) is 23.2. The lowest BCUT2D eigenvalue weighted by Gasteiger charge is -2.26. The fourth-order valence-electron chi connectivity index (χ4n) is 3.83. The minimum Gasteiger partial charge on any atom is -0.489 e. The summed E-state index contributed by atoms with van der Waals surface area (Å²) in [5.41, 5.74) is 10.0. The van der Waals surface area contributed by atoms with E-state index in [4.69, 9.17) is 19.9 Å². The number of carbonyl (C=O) groups excluding carboxylic acids is 2. The van der Waals surface area contributed by atoms with Gasteiger partial charge in [0.05, 0.1) is 30.6 Å². The van der Waals surface area contributed by atoms with E-state index < -0.39 is 12.0 Å². The molecule has 3 aromatic rings. The number of carbonyl (C=O) groups is 2. The van der Waals surface area contributed by atoms with Crippen molar-refractivity contribution < 1.29 is 23.8 Å². The molecule has 184 valence electrons. The molecule has 0 spiro atoms. The lowest BCUT2D eigenvalue weighted by Crippen LogP contribution is -2.37. The Balaban J connectivity index is 1.56. The molecule has 0 fully saturated rings. The molecule has 1 aliphatic heterocycles. The van der Waals surface area contributed by atoms with E-state index in [9.17, 15) is 9.59 Å². The van der Waals surface area contributed by atoms with Crippen molar-refractivity contribution in [2.75, 3.05) is 13.7 Å². The molecule has 1 atom stereocenters. The summed E-state index contributed by atoms with van der Waals surface area (Å²) >= 11 is 0. The highest BCUT2D eigenvalue weighted by Gasteiger charge is 2.32. The lowest BCUT2D eigenvalue weighted by molar-refractivity contribution is -0.138. The van der Waals surface area contributed by atoms with Gasteiger partial charge in [0.15, 0.2) is 5.96 Å². The maximum absolute atomic E-state index is 13.0. The number of benzene rings is 3. The predicted molar refractivity (Wildman–Crippen MR) is 136 cm³/mol. The van der Waals surface area contributed by atoms with Crippen molar-refractivity contribution in [3.8, 4) is 5.75 Å². The summed E-state index contributed by atoms with van der Waals surface area (Å²) in [6.45, 7) is 2.33. The highest BCUT2D eigenvalue weighted by Crippen LogP contribution is 2.35. The highest BCUT2D eigenvalue weighted by molar-refractivity contribution is 6.04. The van der Waals surface area contributed by atoms with Crippen LogP contribution in [0.4, 0.5) is 0 Å². The summed E-state index contributed by atoms with van der Waals surface area (Å²) in [5.74, 6) is 0.0148. The maximum atomic E-state index is 13.0. The van der Waals surface area contributed by atoms with Crippen LogP contribution in [0.1, 0.15) is 40.0 Å². The first-order valence-electron chi connectivity index (χ1n) is 11.5. The molecule has 36 heavy (non-hydrogen) atoms. The third-order valence-corrected chi connectivity index (χ3v) is 5.60. The molecule has 0 unspecified atom stereocenters. The summed E-state index contributed by atoms with van der Waals surface area (Å²) in [5, 5.41) is 3.04. The zero-order valence-corrected chi connectivity index (χ0v) is 20.1. The topological polar surface area (TPSA) is 112 Å². The molecule has 0 aliphatic carbocycles. The summed E-state index contributed by atoms with van der Waals surface area (Å²) in [4.78, 5) is 29.1. The Morgan fingerprint density at radius 3 is 2.28 bits per heavy atom. The Bertz CT molecular complexity index is 1280. The minimum atomic E-state index is -0.638. The second-order valence-corrected chi connectivity index (χ2v) is 7.96. The van der Waals surface area contributed by atoms with Crippen LogP contribution >= 0.6 is 0 Å². The number of aliphatic imine (C=N–C) groups is 1. The van der Waals surface area contributed by atoms with Gasteiger partial charge in [-0.15, -0.1) is 0 Å². The molecule has 0 aromatic heterocycles. The third-order valence-electron chi connectivity index (χ3n) is 5.60. The van der Waals surface area contributed by atoms with Crippen LogP contribution in [0.2, 0.25) is 0 Å². The van der Waals surface area contributed by atoms with Crippen LogP contribution in [0.25, 0.3) is 5.70 Å². The number of nitrogens with two attached hydrogens (primary N) is 1. The number of ether oxygens (including phenoxy) is 3. The molecule has 0 amide bonds. The van der Waals surface area contributed by atoms with Crippen molar-refractivity contribution >= 4 is 23.6 Å². The van der Waals surface area contributed by atoms with Crippen LogP contribution in [0.15, 0.2) is 89.4 Å². The van der Waals surface area contributed by atoms with Gasteiger partial charge in [-0.05, 0) is 47.9 Å². The quantitative estimate of drug-likeness (QED) is 0.464. The highest BCUT2D eigenvalue weighted by atomic mass is 16.5. The van der Waals surface area contributed by atoms with Crippen LogP contribution in [0.5, 0.6) is 5.75 Å². The zero-order valence-electron chi connectivity index (χ0n) is 20.1. The van der Waals surface area contributed by atoms with Gasteiger partial charge in [0.1, 0.15) is 18.4 Å². The Morgan fingerprint density at radius 2 is 1.64 bits per heavy atom. The SMILES string of the molecule is CCOC(=O)C1=C(c2ccccc2)NC(N)=N[C@H]1c1ccc(OCc2ccc(C(=O)OC)cc2)cc1. The molecule has 1 heterocycles. The van der Waals surface area contributed by atoms with Gasteiger partial charge in [0, 0.05) is 0 Å². The predicted octanol–water partition coefficient (Wildman–Crippen LogP) is 3.99. The third kappa shape index (κ3) is 5.55. The van der Waals surface area contributed by atoms with Gasteiger partial charge < -0.3 is 25.3 Å². The molecule has 0 saturated carbocycles. The molecule has 3 aromatic carbocycles. The smallest absolute Gasteiger partial charge is 0.338 e. The van der Waals surface area contributed by atoms with Gasteiger partial charge in [-0.1, -0.05) is 54.6 Å². The molecular weight excluding hydrogens is 458 g/mol. The van der Waals surface area contributed by atoms with E-state index in [0.717, 1.165) is 16.7 Å². The van der Waals surface area contributed by atoms with Crippen molar-refractivity contribution in [3.05, 3.63) is 107 Å². The van der Waals surface area contributed by atoms with Crippen molar-refractivity contribution in [2.24, 2.45) is 10.7 Å². The molecule has 8 heteroatoms. The maximum Gasteiger partial charge on any atom is 0.338 e. The molecule has 1 aliphatic rings. The molecule has 3 N–H and O–H groups in total. The van der Waals surface area contributed by atoms with Crippen molar-refractivity contribution in [3.63, 3.8) is 0 Å². The van der Waals surface area contributed by atoms with Crippen LogP contribution in [0.3, 0.4) is 0 Å². The van der Waals surface area contributed by atoms with Crippen LogP contribution < -0.4 is 15.8 Å². The molecule has 4 rings (SSSR count). The first-order valence-corrected chi connectivity index (χ1v) is 11.5. The van der Waals surface area contributed by atoms with E-state index in [1.807, 2.05) is 66.7 Å². The minimum absolute atomic E-state index is 0.211. The largest absolute Gasteiger partial charge is 0.489 e. The van der Waals surface area contributed by atoms with Gasteiger partial charge in [-0.2, -0.15) is 0 Å². The van der Waals surface area contributed by atoms with Crippen molar-refractivity contribution in [1.82, 2.24) is 5.32 Å². The zero-order chi connectivity index (χ0) is 25.5. The van der Waals surface area contributed by atoms with E-state index in [1.54, 1.807) is 19.1 Å². The fraction of sp³-hybridized carbons (Fsp3) is 0.179. The first kappa shape index (κ1) is 24.5.